The topological polar surface area (TPSA) is 72.9 Å². The second-order valence-electron chi connectivity index (χ2n) is 10.5. The van der Waals surface area contributed by atoms with Gasteiger partial charge in [0.15, 0.2) is 6.10 Å². The van der Waals surface area contributed by atoms with Crippen LogP contribution < -0.4 is 4.74 Å². The molecule has 0 aliphatic carbocycles. The Morgan fingerprint density at radius 2 is 1.40 bits per heavy atom. The van der Waals surface area contributed by atoms with Crippen molar-refractivity contribution in [1.82, 2.24) is 4.90 Å². The van der Waals surface area contributed by atoms with Crippen LogP contribution in [-0.2, 0) is 9.53 Å². The number of fused-ring (bicyclic) bond motifs is 5. The van der Waals surface area contributed by atoms with Crippen molar-refractivity contribution in [3.8, 4) is 16.9 Å². The fourth-order valence-electron chi connectivity index (χ4n) is 5.90. The first-order valence-corrected chi connectivity index (χ1v) is 17.2. The minimum absolute atomic E-state index is 0.00642. The Labute approximate surface area is 287 Å². The van der Waals surface area contributed by atoms with Gasteiger partial charge in [-0.3, -0.25) is 14.5 Å². The van der Waals surface area contributed by atoms with Crippen molar-refractivity contribution >= 4 is 108 Å². The molecular weight excluding hydrogens is 786 g/mol. The number of methoxy groups -OCH3 is 1. The lowest BCUT2D eigenvalue weighted by atomic mass is 9.93. The van der Waals surface area contributed by atoms with Gasteiger partial charge in [-0.25, -0.2) is 4.79 Å². The van der Waals surface area contributed by atoms with Gasteiger partial charge in [-0.15, -0.1) is 11.3 Å². The molecule has 1 aromatic heterocycles. The van der Waals surface area contributed by atoms with E-state index in [4.69, 9.17) is 9.47 Å². The Kier molecular flexibility index (Phi) is 8.02. The summed E-state index contributed by atoms with van der Waals surface area (Å²) in [4.78, 5) is 39.8. The summed E-state index contributed by atoms with van der Waals surface area (Å²) in [5.74, 6) is -0.982. The molecule has 2 amide bonds. The van der Waals surface area contributed by atoms with Crippen molar-refractivity contribution in [3.05, 3.63) is 109 Å². The minimum Gasteiger partial charge on any atom is -0.476 e. The van der Waals surface area contributed by atoms with Crippen molar-refractivity contribution in [2.24, 2.45) is 0 Å². The lowest BCUT2D eigenvalue weighted by molar-refractivity contribution is -0.149. The number of thiophene rings is 1. The van der Waals surface area contributed by atoms with Gasteiger partial charge in [0.05, 0.1) is 31.9 Å². The van der Waals surface area contributed by atoms with E-state index in [1.165, 1.54) is 17.2 Å². The zero-order chi connectivity index (χ0) is 31.4. The minimum atomic E-state index is -1.07. The van der Waals surface area contributed by atoms with Crippen LogP contribution in [0, 0.1) is 0 Å². The van der Waals surface area contributed by atoms with Crippen LogP contribution in [0.25, 0.3) is 42.1 Å². The number of esters is 1. The molecule has 0 fully saturated rings. The van der Waals surface area contributed by atoms with Crippen molar-refractivity contribution < 1.29 is 23.9 Å². The number of benzene rings is 5. The number of nitrogens with zero attached hydrogens (tertiary/aromatic N) is 1. The standard InChI is InChI=1S/C35H22Br3NO5S/c1-43-35(42)26(14-15-39-33(40)21-10-4-5-11-22(21)34(39)41)44-31-24(36)16-18(17-25(31)37)28-19-8-2-3-9-20(19)30(38)32-29(28)23-12-6-7-13-27(23)45-32/h2-13,16-17,26H,14-15H2,1H3/t26-/m1/s1. The molecule has 0 saturated heterocycles. The first-order chi connectivity index (χ1) is 21.8. The van der Waals surface area contributed by atoms with Gasteiger partial charge in [-0.05, 0) is 100 Å². The Morgan fingerprint density at radius 3 is 2.04 bits per heavy atom. The van der Waals surface area contributed by atoms with Crippen LogP contribution in [0.2, 0.25) is 0 Å². The van der Waals surface area contributed by atoms with Gasteiger partial charge in [0.2, 0.25) is 0 Å². The largest absolute Gasteiger partial charge is 0.476 e. The van der Waals surface area contributed by atoms with Crippen LogP contribution in [0.4, 0.5) is 0 Å². The second kappa shape index (κ2) is 12.0. The van der Waals surface area contributed by atoms with E-state index in [-0.39, 0.29) is 24.8 Å². The summed E-state index contributed by atoms with van der Waals surface area (Å²) >= 11 is 13.0. The van der Waals surface area contributed by atoms with E-state index in [0.29, 0.717) is 25.8 Å². The van der Waals surface area contributed by atoms with E-state index in [1.807, 2.05) is 24.3 Å². The molecular formula is C35H22Br3NO5S. The SMILES string of the molecule is COC(=O)[C@@H](CCN1C(=O)c2ccccc2C1=O)Oc1c(Br)cc(-c2c3ccccc3c(Br)c3sc4ccccc4c23)cc1Br. The number of ether oxygens (including phenoxy) is 2. The third-order valence-electron chi connectivity index (χ3n) is 7.98. The lowest BCUT2D eigenvalue weighted by Crippen LogP contribution is -2.37. The predicted molar refractivity (Wildman–Crippen MR) is 188 cm³/mol. The van der Waals surface area contributed by atoms with Crippen LogP contribution in [0.15, 0.2) is 98.3 Å². The quantitative estimate of drug-likeness (QED) is 0.119. The molecule has 0 N–H and O–H groups in total. The lowest BCUT2D eigenvalue weighted by Gasteiger charge is -2.22. The first-order valence-electron chi connectivity index (χ1n) is 14.0. The average Bonchev–Trinajstić information content (AvgIpc) is 3.55. The van der Waals surface area contributed by atoms with Crippen LogP contribution in [-0.4, -0.2) is 42.4 Å². The molecule has 0 bridgehead atoms. The van der Waals surface area contributed by atoms with Gasteiger partial charge in [-0.1, -0.05) is 54.6 Å². The molecule has 2 heterocycles. The fourth-order valence-corrected chi connectivity index (χ4v) is 9.22. The Bertz CT molecular complexity index is 2150. The second-order valence-corrected chi connectivity index (χ2v) is 14.1. The van der Waals surface area contributed by atoms with Crippen LogP contribution in [0.5, 0.6) is 5.75 Å². The van der Waals surface area contributed by atoms with Gasteiger partial charge in [0, 0.05) is 32.9 Å². The molecule has 7 rings (SSSR count). The van der Waals surface area contributed by atoms with Gasteiger partial charge in [-0.2, -0.15) is 0 Å². The highest BCUT2D eigenvalue weighted by atomic mass is 79.9. The van der Waals surface area contributed by atoms with E-state index in [2.05, 4.69) is 84.2 Å². The molecule has 224 valence electrons. The number of hydrogen-bond donors (Lipinski definition) is 0. The van der Waals surface area contributed by atoms with Crippen molar-refractivity contribution in [2.75, 3.05) is 13.7 Å². The highest BCUT2D eigenvalue weighted by molar-refractivity contribution is 9.11. The molecule has 0 saturated carbocycles. The summed E-state index contributed by atoms with van der Waals surface area (Å²) in [6.07, 6.45) is -1.02. The normalized spacial score (nSPS) is 13.6. The van der Waals surface area contributed by atoms with E-state index < -0.39 is 12.1 Å². The zero-order valence-corrected chi connectivity index (χ0v) is 29.2. The van der Waals surface area contributed by atoms with Gasteiger partial charge < -0.3 is 9.47 Å². The number of carbonyl (C=O) groups excluding carboxylic acids is 3. The molecule has 1 aliphatic heterocycles. The number of carbonyl (C=O) groups is 3. The summed E-state index contributed by atoms with van der Waals surface area (Å²) in [5.41, 5.74) is 2.75. The van der Waals surface area contributed by atoms with E-state index >= 15 is 0 Å². The summed E-state index contributed by atoms with van der Waals surface area (Å²) in [6, 6.07) is 27.4. The average molecular weight is 808 g/mol. The number of imide groups is 1. The molecule has 10 heteroatoms. The summed E-state index contributed by atoms with van der Waals surface area (Å²) in [5, 5.41) is 4.53. The molecule has 0 unspecified atom stereocenters. The maximum atomic E-state index is 12.9. The van der Waals surface area contributed by atoms with Gasteiger partial charge in [0.1, 0.15) is 5.75 Å². The Hall–Kier alpha value is -3.57. The third-order valence-corrected chi connectivity index (χ3v) is 11.4. The van der Waals surface area contributed by atoms with Crippen molar-refractivity contribution in [1.29, 1.82) is 0 Å². The molecule has 5 aromatic carbocycles. The number of hydrogen-bond acceptors (Lipinski definition) is 6. The van der Waals surface area contributed by atoms with Gasteiger partial charge >= 0.3 is 5.97 Å². The zero-order valence-electron chi connectivity index (χ0n) is 23.6. The summed E-state index contributed by atoms with van der Waals surface area (Å²) < 4.78 is 16.0. The molecule has 0 radical (unpaired) electrons. The Balaban J connectivity index is 1.26. The summed E-state index contributed by atoms with van der Waals surface area (Å²) in [6.45, 7) is -0.00642. The molecule has 45 heavy (non-hydrogen) atoms. The molecule has 0 spiro atoms. The highest BCUT2D eigenvalue weighted by Crippen LogP contribution is 2.50. The van der Waals surface area contributed by atoms with Crippen molar-refractivity contribution in [3.63, 3.8) is 0 Å². The molecule has 1 atom stereocenters. The fraction of sp³-hybridized carbons (Fsp3) is 0.114. The van der Waals surface area contributed by atoms with Crippen molar-refractivity contribution in [2.45, 2.75) is 12.5 Å². The molecule has 6 aromatic rings. The number of halogens is 3. The third kappa shape index (κ3) is 5.08. The first kappa shape index (κ1) is 30.1. The summed E-state index contributed by atoms with van der Waals surface area (Å²) in [7, 11) is 1.28. The van der Waals surface area contributed by atoms with E-state index in [0.717, 1.165) is 41.4 Å². The van der Waals surface area contributed by atoms with Crippen LogP contribution >= 0.6 is 59.1 Å². The molecule has 1 aliphatic rings. The maximum Gasteiger partial charge on any atom is 0.347 e. The monoisotopic (exact) mass is 805 g/mol. The highest BCUT2D eigenvalue weighted by Gasteiger charge is 2.36. The maximum absolute atomic E-state index is 12.9. The van der Waals surface area contributed by atoms with E-state index in [1.54, 1.807) is 35.6 Å². The van der Waals surface area contributed by atoms with Crippen LogP contribution in [0.1, 0.15) is 27.1 Å². The number of amides is 2. The van der Waals surface area contributed by atoms with E-state index in [9.17, 15) is 14.4 Å². The smallest absolute Gasteiger partial charge is 0.347 e. The van der Waals surface area contributed by atoms with Gasteiger partial charge in [0.25, 0.3) is 11.8 Å². The Morgan fingerprint density at radius 1 is 0.822 bits per heavy atom. The predicted octanol–water partition coefficient (Wildman–Crippen LogP) is 9.77. The molecule has 6 nitrogen and oxygen atoms in total. The van der Waals surface area contributed by atoms with Crippen LogP contribution in [0.3, 0.4) is 0 Å². The number of rotatable bonds is 7.